The van der Waals surface area contributed by atoms with Crippen molar-refractivity contribution in [1.29, 1.82) is 0 Å². The highest BCUT2D eigenvalue weighted by Crippen LogP contribution is 2.38. The lowest BCUT2D eigenvalue weighted by Gasteiger charge is -2.19. The Balaban J connectivity index is 2.53. The van der Waals surface area contributed by atoms with Crippen LogP contribution in [-0.4, -0.2) is 55.9 Å². The normalized spacial score (nSPS) is 18.9. The van der Waals surface area contributed by atoms with E-state index >= 15 is 0 Å². The molecule has 0 spiro atoms. The van der Waals surface area contributed by atoms with Crippen molar-refractivity contribution in [3.63, 3.8) is 0 Å². The average molecular weight is 406 g/mol. The molecule has 1 N–H and O–H groups in total. The first-order chi connectivity index (χ1) is 12.0. The molecule has 26 heavy (non-hydrogen) atoms. The molecule has 0 aliphatic carbocycles. The number of amides is 1. The number of hydrogen-bond acceptors (Lipinski definition) is 7. The number of methoxy groups -OCH3 is 2. The third kappa shape index (κ3) is 3.85. The molecular formula is C15H22N2O7S2. The Bertz CT molecular complexity index is 908. The zero-order chi connectivity index (χ0) is 19.8. The van der Waals surface area contributed by atoms with Crippen molar-refractivity contribution in [3.8, 4) is 5.75 Å². The molecule has 1 heterocycles. The third-order valence-electron chi connectivity index (χ3n) is 3.85. The SMILES string of the molecule is COCCNS(=O)(=O)c1cc(N2C(=O)C(C)(C)CS2(=O)=O)ccc1OC. The largest absolute Gasteiger partial charge is 0.495 e. The first-order valence-corrected chi connectivity index (χ1v) is 10.8. The Morgan fingerprint density at radius 2 is 1.92 bits per heavy atom. The van der Waals surface area contributed by atoms with Crippen molar-refractivity contribution >= 4 is 31.6 Å². The van der Waals surface area contributed by atoms with Crippen LogP contribution in [0.1, 0.15) is 13.8 Å². The average Bonchev–Trinajstić information content (AvgIpc) is 2.70. The summed E-state index contributed by atoms with van der Waals surface area (Å²) in [4.78, 5) is 12.2. The van der Waals surface area contributed by atoms with Gasteiger partial charge in [-0.1, -0.05) is 0 Å². The highest BCUT2D eigenvalue weighted by atomic mass is 32.2. The van der Waals surface area contributed by atoms with Crippen LogP contribution >= 0.6 is 0 Å². The standard InChI is InChI=1S/C15H22N2O7S2/c1-15(2)10-25(19,20)17(14(15)18)11-5-6-12(24-4)13(9-11)26(21,22)16-7-8-23-3/h5-6,9,16H,7-8,10H2,1-4H3. The molecule has 1 aliphatic rings. The summed E-state index contributed by atoms with van der Waals surface area (Å²) in [6, 6.07) is 3.77. The minimum atomic E-state index is -4.00. The maximum Gasteiger partial charge on any atom is 0.247 e. The molecular weight excluding hydrogens is 384 g/mol. The first-order valence-electron chi connectivity index (χ1n) is 7.70. The Hall–Kier alpha value is -1.69. The summed E-state index contributed by atoms with van der Waals surface area (Å²) in [7, 11) is -5.16. The summed E-state index contributed by atoms with van der Waals surface area (Å²) in [5.41, 5.74) is -1.14. The Morgan fingerprint density at radius 1 is 1.27 bits per heavy atom. The second kappa shape index (κ2) is 7.14. The van der Waals surface area contributed by atoms with Crippen molar-refractivity contribution in [2.24, 2.45) is 5.41 Å². The van der Waals surface area contributed by atoms with Gasteiger partial charge >= 0.3 is 0 Å². The van der Waals surface area contributed by atoms with Gasteiger partial charge < -0.3 is 9.47 Å². The van der Waals surface area contributed by atoms with Crippen LogP contribution in [0.3, 0.4) is 0 Å². The minimum Gasteiger partial charge on any atom is -0.495 e. The van der Waals surface area contributed by atoms with Crippen LogP contribution < -0.4 is 13.8 Å². The van der Waals surface area contributed by atoms with Crippen molar-refractivity contribution in [2.75, 3.05) is 37.4 Å². The fourth-order valence-corrected chi connectivity index (χ4v) is 5.92. The fraction of sp³-hybridized carbons (Fsp3) is 0.533. The van der Waals surface area contributed by atoms with E-state index in [4.69, 9.17) is 9.47 Å². The molecule has 1 fully saturated rings. The van der Waals surface area contributed by atoms with E-state index < -0.39 is 31.4 Å². The molecule has 0 bridgehead atoms. The molecule has 0 radical (unpaired) electrons. The smallest absolute Gasteiger partial charge is 0.247 e. The van der Waals surface area contributed by atoms with Crippen LogP contribution in [0.2, 0.25) is 0 Å². The van der Waals surface area contributed by atoms with Crippen LogP contribution in [0.25, 0.3) is 0 Å². The van der Waals surface area contributed by atoms with E-state index in [9.17, 15) is 21.6 Å². The molecule has 9 nitrogen and oxygen atoms in total. The minimum absolute atomic E-state index is 0.0280. The van der Waals surface area contributed by atoms with E-state index in [1.165, 1.54) is 40.2 Å². The van der Waals surface area contributed by atoms with E-state index in [1.54, 1.807) is 0 Å². The van der Waals surface area contributed by atoms with Gasteiger partial charge in [0.15, 0.2) is 0 Å². The van der Waals surface area contributed by atoms with Gasteiger partial charge in [-0.2, -0.15) is 0 Å². The number of nitrogens with one attached hydrogen (secondary N) is 1. The van der Waals surface area contributed by atoms with E-state index in [2.05, 4.69) is 4.72 Å². The summed E-state index contributed by atoms with van der Waals surface area (Å²) >= 11 is 0. The molecule has 1 aromatic rings. The maximum atomic E-state index is 12.5. The monoisotopic (exact) mass is 406 g/mol. The van der Waals surface area contributed by atoms with Crippen LogP contribution in [0.5, 0.6) is 5.75 Å². The van der Waals surface area contributed by atoms with Gasteiger partial charge in [-0.25, -0.2) is 25.9 Å². The van der Waals surface area contributed by atoms with Crippen LogP contribution in [0.15, 0.2) is 23.1 Å². The molecule has 0 unspecified atom stereocenters. The van der Waals surface area contributed by atoms with E-state index in [0.29, 0.717) is 4.31 Å². The number of hydrogen-bond donors (Lipinski definition) is 1. The predicted octanol–water partition coefficient (Wildman–Crippen LogP) is 0.323. The summed E-state index contributed by atoms with van der Waals surface area (Å²) < 4.78 is 62.7. The van der Waals surface area contributed by atoms with Crippen molar-refractivity contribution in [2.45, 2.75) is 18.7 Å². The first kappa shape index (κ1) is 20.6. The molecule has 0 saturated carbocycles. The zero-order valence-corrected chi connectivity index (χ0v) is 16.6. The van der Waals surface area contributed by atoms with Gasteiger partial charge in [-0.05, 0) is 32.0 Å². The zero-order valence-electron chi connectivity index (χ0n) is 15.0. The summed E-state index contributed by atoms with van der Waals surface area (Å²) in [6.07, 6.45) is 0. The lowest BCUT2D eigenvalue weighted by Crippen LogP contribution is -2.33. The predicted molar refractivity (Wildman–Crippen MR) is 95.1 cm³/mol. The van der Waals surface area contributed by atoms with Gasteiger partial charge in [0, 0.05) is 13.7 Å². The lowest BCUT2D eigenvalue weighted by atomic mass is 9.95. The lowest BCUT2D eigenvalue weighted by molar-refractivity contribution is -0.123. The van der Waals surface area contributed by atoms with Gasteiger partial charge in [0.05, 0.1) is 30.6 Å². The molecule has 0 atom stereocenters. The molecule has 2 rings (SSSR count). The quantitative estimate of drug-likeness (QED) is 0.648. The highest BCUT2D eigenvalue weighted by molar-refractivity contribution is 7.94. The number of sulfonamides is 2. The second-order valence-electron chi connectivity index (χ2n) is 6.44. The van der Waals surface area contributed by atoms with Crippen LogP contribution in [0, 0.1) is 5.41 Å². The molecule has 11 heteroatoms. The number of benzene rings is 1. The van der Waals surface area contributed by atoms with E-state index in [-0.39, 0.29) is 35.2 Å². The third-order valence-corrected chi connectivity index (χ3v) is 7.36. The molecule has 1 saturated heterocycles. The Kier molecular flexibility index (Phi) is 5.66. The van der Waals surface area contributed by atoms with Gasteiger partial charge in [-0.15, -0.1) is 0 Å². The van der Waals surface area contributed by atoms with E-state index in [1.807, 2.05) is 0 Å². The molecule has 146 valence electrons. The summed E-state index contributed by atoms with van der Waals surface area (Å²) in [6.45, 7) is 3.25. The summed E-state index contributed by atoms with van der Waals surface area (Å²) in [5, 5.41) is 0. The Morgan fingerprint density at radius 3 is 2.42 bits per heavy atom. The maximum absolute atomic E-state index is 12.5. The number of carbonyl (C=O) groups is 1. The Labute approximate surface area is 153 Å². The number of ether oxygens (including phenoxy) is 2. The van der Waals surface area contributed by atoms with Gasteiger partial charge in [0.1, 0.15) is 10.6 Å². The summed E-state index contributed by atoms with van der Waals surface area (Å²) in [5.74, 6) is -0.931. The van der Waals surface area contributed by atoms with Gasteiger partial charge in [-0.3, -0.25) is 4.79 Å². The number of anilines is 1. The molecule has 1 aromatic carbocycles. The fourth-order valence-electron chi connectivity index (χ4n) is 2.62. The van der Waals surface area contributed by atoms with Crippen LogP contribution in [-0.2, 0) is 29.6 Å². The topological polar surface area (TPSA) is 119 Å². The van der Waals surface area contributed by atoms with Gasteiger partial charge in [0.25, 0.3) is 0 Å². The molecule has 1 aliphatic heterocycles. The van der Waals surface area contributed by atoms with Crippen molar-refractivity contribution in [3.05, 3.63) is 18.2 Å². The highest BCUT2D eigenvalue weighted by Gasteiger charge is 2.50. The number of carbonyl (C=O) groups excluding carboxylic acids is 1. The van der Waals surface area contributed by atoms with Gasteiger partial charge in [0.2, 0.25) is 26.0 Å². The molecule has 0 aromatic heterocycles. The second-order valence-corrected chi connectivity index (χ2v) is 9.99. The van der Waals surface area contributed by atoms with E-state index in [0.717, 1.165) is 6.07 Å². The van der Waals surface area contributed by atoms with Crippen molar-refractivity contribution < 1.29 is 31.1 Å². The van der Waals surface area contributed by atoms with Crippen molar-refractivity contribution in [1.82, 2.24) is 4.72 Å². The molecule has 1 amide bonds. The number of nitrogens with zero attached hydrogens (tertiary/aromatic N) is 1. The number of rotatable bonds is 7. The van der Waals surface area contributed by atoms with Crippen LogP contribution in [0.4, 0.5) is 5.69 Å².